The van der Waals surface area contributed by atoms with E-state index in [4.69, 9.17) is 0 Å². The van der Waals surface area contributed by atoms with Gasteiger partial charge in [0, 0.05) is 0 Å². The van der Waals surface area contributed by atoms with Gasteiger partial charge in [-0.05, 0) is 0 Å². The van der Waals surface area contributed by atoms with Crippen molar-refractivity contribution in [1.29, 1.82) is 0 Å². The molecule has 0 unspecified atom stereocenters. The van der Waals surface area contributed by atoms with E-state index >= 15 is 0 Å². The van der Waals surface area contributed by atoms with Gasteiger partial charge in [-0.3, -0.25) is 0 Å². The van der Waals surface area contributed by atoms with E-state index < -0.39 is 0 Å². The summed E-state index contributed by atoms with van der Waals surface area (Å²) >= 11 is 1.61. The van der Waals surface area contributed by atoms with E-state index in [1.54, 1.807) is 0 Å². The van der Waals surface area contributed by atoms with E-state index in [9.17, 15) is 0 Å². The molecule has 0 aromatic carbocycles. The predicted octanol–water partition coefficient (Wildman–Crippen LogP) is -0.802. The monoisotopic (exact) mass is 341 g/mol. The Balaban J connectivity index is 2.32. The van der Waals surface area contributed by atoms with Crippen LogP contribution in [0.3, 0.4) is 0 Å². The van der Waals surface area contributed by atoms with Crippen molar-refractivity contribution in [2.75, 3.05) is 7.05 Å². The van der Waals surface area contributed by atoms with Gasteiger partial charge in [0.1, 0.15) is 0 Å². The van der Waals surface area contributed by atoms with Crippen LogP contribution in [0.25, 0.3) is 0 Å². The molecule has 4 heavy (non-hydrogen) atoms. The zero-order valence-electron chi connectivity index (χ0n) is 3.45. The van der Waals surface area contributed by atoms with Gasteiger partial charge in [0.2, 0.25) is 0 Å². The van der Waals surface area contributed by atoms with Crippen molar-refractivity contribution in [3.63, 3.8) is 0 Å². The average molecular weight is 342 g/mol. The molecule has 0 heterocycles. The number of rotatable bonds is 0. The van der Waals surface area contributed by atoms with Crippen LogP contribution in [0, 0.1) is 43.2 Å². The van der Waals surface area contributed by atoms with Gasteiger partial charge < -0.3 is 0 Å². The molecule has 0 amide bonds. The first-order chi connectivity index (χ1) is 1.73. The van der Waals surface area contributed by atoms with E-state index in [0.717, 1.165) is 99.2 Å². The van der Waals surface area contributed by atoms with Gasteiger partial charge in [0.25, 0.3) is 0 Å². The molecule has 0 bridgehead atoms. The third-order valence-corrected chi connectivity index (χ3v) is 0. The van der Waals surface area contributed by atoms with E-state index in [-0.39, 0.29) is 0 Å². The molecule has 0 aromatic rings. The summed E-state index contributed by atoms with van der Waals surface area (Å²) in [5.74, 6) is 0. The summed E-state index contributed by atoms with van der Waals surface area (Å²) in [6.45, 7) is 0. The van der Waals surface area contributed by atoms with E-state index in [1.807, 2.05) is 0 Å². The SMILES string of the molecule is C[N]([Rb])[RaH]. The van der Waals surface area contributed by atoms with E-state index in [0.29, 0.717) is 0 Å². The Kier molecular flexibility index (Phi) is 7.94. The first kappa shape index (κ1) is 7.23. The number of hydrogen-bond acceptors (Lipinski definition) is 1. The summed E-state index contributed by atoms with van der Waals surface area (Å²) < 4.78 is 2.44. The zero-order valence-corrected chi connectivity index (χ0v) is 16.6. The van der Waals surface area contributed by atoms with Crippen LogP contribution in [0.5, 0.6) is 0 Å². The Morgan fingerprint density at radius 1 is 2.00 bits per heavy atom. The fourth-order valence-electron chi connectivity index (χ4n) is 0. The third-order valence-electron chi connectivity index (χ3n) is 0. The Morgan fingerprint density at radius 3 is 2.00 bits per heavy atom. The second kappa shape index (κ2) is 4.39. The van der Waals surface area contributed by atoms with Crippen LogP contribution in [-0.4, -0.2) is 57.2 Å². The minimum absolute atomic E-state index is 0.741. The third kappa shape index (κ3) is 8.97. The molecule has 0 aromatic heterocycles. The second-order valence-electron chi connectivity index (χ2n) is 1.34. The van der Waals surface area contributed by atoms with Gasteiger partial charge in [0.15, 0.2) is 0 Å². The van der Waals surface area contributed by atoms with Crippen molar-refractivity contribution in [2.45, 2.75) is 0 Å². The van der Waals surface area contributed by atoms with Crippen LogP contribution in [0.15, 0.2) is 0 Å². The normalized spacial score (nSPS) is 8.75. The number of nitrogens with zero attached hydrogens (tertiary/aromatic N) is 1. The van der Waals surface area contributed by atoms with Crippen LogP contribution in [0.1, 0.15) is 0 Å². The zero-order chi connectivity index (χ0) is 3.58. The van der Waals surface area contributed by atoms with Gasteiger partial charge in [-0.25, -0.2) is 0 Å². The fraction of sp³-hybridized carbons (Fsp3) is 1.00. The Hall–Kier alpha value is 3.23. The summed E-state index contributed by atoms with van der Waals surface area (Å²) in [6.07, 6.45) is 0. The molecule has 16 valence electrons. The molecule has 0 aliphatic rings. The standard InChI is InChI=1S/CH3N.Ra.Rb.H/c1-2;;;/h1H3;;;. The average Bonchev–Trinajstić information content (AvgIpc) is 0.811. The Labute approximate surface area is 96.8 Å². The van der Waals surface area contributed by atoms with Crippen LogP contribution in [0.4, 0.5) is 0 Å². The van der Waals surface area contributed by atoms with Crippen molar-refractivity contribution in [3.05, 3.63) is 0 Å². The molecule has 3 heteroatoms. The van der Waals surface area contributed by atoms with Crippen LogP contribution in [-0.2, 0) is 0 Å². The molecule has 0 N–H and O–H groups in total. The summed E-state index contributed by atoms with van der Waals surface area (Å²) in [7, 11) is 2.20. The topological polar surface area (TPSA) is 3.24 Å². The molecule has 0 saturated carbocycles. The molecule has 0 radical (unpaired) electrons. The van der Waals surface area contributed by atoms with Crippen molar-refractivity contribution < 1.29 is 43.2 Å². The molecule has 0 fully saturated rings. The van der Waals surface area contributed by atoms with Crippen LogP contribution < -0.4 is 0 Å². The van der Waals surface area contributed by atoms with Gasteiger partial charge in [0.05, 0.1) is 0 Å². The molecule has 0 atom stereocenters. The van der Waals surface area contributed by atoms with Crippen LogP contribution in [0.2, 0.25) is 0 Å². The van der Waals surface area contributed by atoms with Gasteiger partial charge in [-0.15, -0.1) is 0 Å². The van der Waals surface area contributed by atoms with Crippen molar-refractivity contribution in [2.24, 2.45) is 0 Å². The summed E-state index contributed by atoms with van der Waals surface area (Å²) in [4.78, 5) is 0. The van der Waals surface area contributed by atoms with Gasteiger partial charge >= 0.3 is 100 Å². The first-order valence-electron chi connectivity index (χ1n) is 1.34. The summed E-state index contributed by atoms with van der Waals surface area (Å²) in [5, 5.41) is 0. The molecule has 0 aliphatic carbocycles. The maximum absolute atomic E-state index is 2.44. The molecular weight excluding hydrogens is 337 g/mol. The fourth-order valence-corrected chi connectivity index (χ4v) is 0. The maximum atomic E-state index is 2.44. The van der Waals surface area contributed by atoms with Crippen molar-refractivity contribution in [1.82, 2.24) is -5.82 Å². The number of hydrogen-bond donors (Lipinski definition) is 0. The van der Waals surface area contributed by atoms with Crippen molar-refractivity contribution >= 4 is 56.0 Å². The minimum atomic E-state index is 0.741. The first-order valence-corrected chi connectivity index (χ1v) is 7.22. The molecular formula is CH4NRaRb. The van der Waals surface area contributed by atoms with Crippen molar-refractivity contribution in [3.8, 4) is 0 Å². The molecule has 0 rings (SSSR count). The Morgan fingerprint density at radius 2 is 2.00 bits per heavy atom. The van der Waals surface area contributed by atoms with E-state index in [2.05, 4.69) is 1.22 Å². The molecule has 1 nitrogen and oxygen atoms in total. The second-order valence-corrected chi connectivity index (χ2v) is 31.2. The quantitative estimate of drug-likeness (QED) is 0.558. The summed E-state index contributed by atoms with van der Waals surface area (Å²) in [6, 6.07) is 0. The molecule has 0 spiro atoms. The predicted molar refractivity (Wildman–Crippen MR) is 14.9 cm³/mol. The van der Waals surface area contributed by atoms with Gasteiger partial charge in [-0.2, -0.15) is 0 Å². The molecule has 0 saturated heterocycles. The van der Waals surface area contributed by atoms with Gasteiger partial charge in [-0.1, -0.05) is 0 Å². The van der Waals surface area contributed by atoms with E-state index in [1.165, 1.54) is 0 Å². The molecule has 0 aliphatic heterocycles. The Bertz CT molecular complexity index is 12.8. The van der Waals surface area contributed by atoms with Crippen LogP contribution >= 0.6 is 0 Å². The summed E-state index contributed by atoms with van der Waals surface area (Å²) in [5.41, 5.74) is 0.